The summed E-state index contributed by atoms with van der Waals surface area (Å²) in [6.07, 6.45) is 1.79. The van der Waals surface area contributed by atoms with Crippen LogP contribution >= 0.6 is 11.6 Å². The molecule has 0 radical (unpaired) electrons. The van der Waals surface area contributed by atoms with E-state index in [-0.39, 0.29) is 22.3 Å². The zero-order valence-corrected chi connectivity index (χ0v) is 17.4. The number of nitrogens with zero attached hydrogens (tertiary/aromatic N) is 3. The molecule has 0 aliphatic carbocycles. The van der Waals surface area contributed by atoms with Crippen LogP contribution in [0.25, 0.3) is 5.69 Å². The topological polar surface area (TPSA) is 67.2 Å². The van der Waals surface area contributed by atoms with Crippen LogP contribution in [0.3, 0.4) is 0 Å². The zero-order chi connectivity index (χ0) is 22.1. The Hall–Kier alpha value is -3.26. The average molecular weight is 445 g/mol. The number of anilines is 1. The Bertz CT molecular complexity index is 1200. The summed E-state index contributed by atoms with van der Waals surface area (Å²) in [5.74, 6) is -1.82. The molecule has 1 amide bonds. The largest absolute Gasteiger partial charge is 0.371 e. The van der Waals surface area contributed by atoms with Gasteiger partial charge in [-0.3, -0.25) is 9.59 Å². The molecule has 2 aromatic carbocycles. The third kappa shape index (κ3) is 4.29. The molecule has 9 heteroatoms. The molecule has 4 rings (SSSR count). The van der Waals surface area contributed by atoms with Gasteiger partial charge in [-0.05, 0) is 31.0 Å². The van der Waals surface area contributed by atoms with Gasteiger partial charge in [-0.15, -0.1) is 0 Å². The number of aryl methyl sites for hydroxylation is 1. The van der Waals surface area contributed by atoms with Gasteiger partial charge in [0.05, 0.1) is 11.9 Å². The van der Waals surface area contributed by atoms with Crippen molar-refractivity contribution in [3.05, 3.63) is 86.8 Å². The molecule has 1 aromatic heterocycles. The number of amides is 1. The molecule has 0 spiro atoms. The molecular formula is C22H19ClF2N4O2. The standard InChI is InChI=1S/C22H19ClF2N4O2/c1-13-2-4-14(5-3-13)12-28-9-8-17(21(28)30)27-18-11-26-29(22(31)20(18)23)19-7-6-15(24)10-16(19)25/h2-7,10-11,17,27H,8-9,12H2,1H3. The van der Waals surface area contributed by atoms with Crippen LogP contribution in [0.1, 0.15) is 17.5 Å². The van der Waals surface area contributed by atoms with Crippen molar-refractivity contribution >= 4 is 23.2 Å². The highest BCUT2D eigenvalue weighted by molar-refractivity contribution is 6.33. The van der Waals surface area contributed by atoms with E-state index in [4.69, 9.17) is 11.6 Å². The molecule has 1 fully saturated rings. The van der Waals surface area contributed by atoms with Crippen molar-refractivity contribution in [3.63, 3.8) is 0 Å². The minimum atomic E-state index is -0.941. The van der Waals surface area contributed by atoms with Crippen molar-refractivity contribution in [2.24, 2.45) is 0 Å². The van der Waals surface area contributed by atoms with Gasteiger partial charge in [0.25, 0.3) is 5.56 Å². The number of carbonyl (C=O) groups excluding carboxylic acids is 1. The Balaban J connectivity index is 1.51. The molecule has 1 unspecified atom stereocenters. The molecule has 3 aromatic rings. The minimum absolute atomic E-state index is 0.106. The Kier molecular flexibility index (Phi) is 5.73. The fraction of sp³-hybridized carbons (Fsp3) is 0.227. The van der Waals surface area contributed by atoms with Gasteiger partial charge in [-0.2, -0.15) is 9.78 Å². The van der Waals surface area contributed by atoms with Gasteiger partial charge in [-0.1, -0.05) is 41.4 Å². The summed E-state index contributed by atoms with van der Waals surface area (Å²) in [5.41, 5.74) is 1.36. The second-order valence-corrected chi connectivity index (χ2v) is 7.79. The van der Waals surface area contributed by atoms with Gasteiger partial charge in [0.2, 0.25) is 5.91 Å². The van der Waals surface area contributed by atoms with E-state index < -0.39 is 23.2 Å². The van der Waals surface area contributed by atoms with E-state index >= 15 is 0 Å². The van der Waals surface area contributed by atoms with E-state index in [2.05, 4.69) is 10.4 Å². The fourth-order valence-corrected chi connectivity index (χ4v) is 3.67. The molecule has 1 aliphatic heterocycles. The number of carbonyl (C=O) groups is 1. The number of likely N-dealkylation sites (tertiary alicyclic amines) is 1. The van der Waals surface area contributed by atoms with E-state index in [1.807, 2.05) is 31.2 Å². The van der Waals surface area contributed by atoms with Crippen LogP contribution in [0.5, 0.6) is 0 Å². The number of benzene rings is 2. The smallest absolute Gasteiger partial charge is 0.292 e. The van der Waals surface area contributed by atoms with Crippen LogP contribution in [0, 0.1) is 18.6 Å². The molecule has 6 nitrogen and oxygen atoms in total. The van der Waals surface area contributed by atoms with Crippen LogP contribution in [-0.4, -0.2) is 33.2 Å². The van der Waals surface area contributed by atoms with Gasteiger partial charge in [-0.25, -0.2) is 8.78 Å². The van der Waals surface area contributed by atoms with Crippen molar-refractivity contribution in [3.8, 4) is 5.69 Å². The van der Waals surface area contributed by atoms with Crippen molar-refractivity contribution in [1.29, 1.82) is 0 Å². The number of hydrogen-bond acceptors (Lipinski definition) is 4. The molecule has 2 heterocycles. The Labute approximate surface area is 182 Å². The minimum Gasteiger partial charge on any atom is -0.371 e. The molecule has 0 saturated carbocycles. The first-order valence-electron chi connectivity index (χ1n) is 9.67. The number of halogens is 3. The van der Waals surface area contributed by atoms with Gasteiger partial charge < -0.3 is 10.2 Å². The van der Waals surface area contributed by atoms with E-state index in [0.717, 1.165) is 27.9 Å². The molecule has 1 saturated heterocycles. The van der Waals surface area contributed by atoms with Crippen molar-refractivity contribution < 1.29 is 13.6 Å². The number of hydrogen-bond donors (Lipinski definition) is 1. The highest BCUT2D eigenvalue weighted by atomic mass is 35.5. The average Bonchev–Trinajstić information content (AvgIpc) is 3.07. The summed E-state index contributed by atoms with van der Waals surface area (Å²) in [6.45, 7) is 3.06. The highest BCUT2D eigenvalue weighted by Crippen LogP contribution is 2.23. The second-order valence-electron chi connectivity index (χ2n) is 7.42. The van der Waals surface area contributed by atoms with E-state index in [1.54, 1.807) is 4.90 Å². The van der Waals surface area contributed by atoms with Gasteiger partial charge in [0.15, 0.2) is 5.82 Å². The number of nitrogens with one attached hydrogen (secondary N) is 1. The summed E-state index contributed by atoms with van der Waals surface area (Å²) >= 11 is 6.18. The molecule has 0 bridgehead atoms. The van der Waals surface area contributed by atoms with Gasteiger partial charge >= 0.3 is 0 Å². The highest BCUT2D eigenvalue weighted by Gasteiger charge is 2.32. The van der Waals surface area contributed by atoms with Gasteiger partial charge in [0, 0.05) is 19.2 Å². The van der Waals surface area contributed by atoms with Crippen LogP contribution in [0.15, 0.2) is 53.5 Å². The predicted octanol–water partition coefficient (Wildman–Crippen LogP) is 3.69. The number of aromatic nitrogens is 2. The van der Waals surface area contributed by atoms with Crippen LogP contribution in [0.2, 0.25) is 5.02 Å². The lowest BCUT2D eigenvalue weighted by Crippen LogP contribution is -2.34. The molecule has 1 atom stereocenters. The normalized spacial score (nSPS) is 16.1. The van der Waals surface area contributed by atoms with E-state index in [0.29, 0.717) is 25.6 Å². The third-order valence-electron chi connectivity index (χ3n) is 5.18. The lowest BCUT2D eigenvalue weighted by molar-refractivity contribution is -0.128. The van der Waals surface area contributed by atoms with Gasteiger partial charge in [0.1, 0.15) is 22.6 Å². The molecular weight excluding hydrogens is 426 g/mol. The summed E-state index contributed by atoms with van der Waals surface area (Å²) in [6, 6.07) is 10.2. The monoisotopic (exact) mass is 444 g/mol. The summed E-state index contributed by atoms with van der Waals surface area (Å²) < 4.78 is 27.9. The van der Waals surface area contributed by atoms with Crippen molar-refractivity contribution in [2.45, 2.75) is 25.9 Å². The van der Waals surface area contributed by atoms with Crippen molar-refractivity contribution in [1.82, 2.24) is 14.7 Å². The molecule has 1 N–H and O–H groups in total. The first-order valence-corrected chi connectivity index (χ1v) is 10.1. The molecule has 160 valence electrons. The third-order valence-corrected chi connectivity index (χ3v) is 5.54. The van der Waals surface area contributed by atoms with E-state index in [1.165, 1.54) is 6.20 Å². The Morgan fingerprint density at radius 2 is 1.90 bits per heavy atom. The van der Waals surface area contributed by atoms with Crippen molar-refractivity contribution in [2.75, 3.05) is 11.9 Å². The quantitative estimate of drug-likeness (QED) is 0.652. The number of rotatable bonds is 5. The Morgan fingerprint density at radius 3 is 2.61 bits per heavy atom. The SMILES string of the molecule is Cc1ccc(CN2CCC(Nc3cnn(-c4ccc(F)cc4F)c(=O)c3Cl)C2=O)cc1. The second kappa shape index (κ2) is 8.47. The maximum absolute atomic E-state index is 14.0. The molecule has 1 aliphatic rings. The maximum Gasteiger partial charge on any atom is 0.292 e. The van der Waals surface area contributed by atoms with Crippen LogP contribution < -0.4 is 10.9 Å². The van der Waals surface area contributed by atoms with Crippen LogP contribution in [0.4, 0.5) is 14.5 Å². The summed E-state index contributed by atoms with van der Waals surface area (Å²) in [7, 11) is 0. The maximum atomic E-state index is 14.0. The lowest BCUT2D eigenvalue weighted by Gasteiger charge is -2.18. The lowest BCUT2D eigenvalue weighted by atomic mass is 10.1. The summed E-state index contributed by atoms with van der Waals surface area (Å²) in [4.78, 5) is 27.1. The fourth-order valence-electron chi connectivity index (χ4n) is 3.49. The van der Waals surface area contributed by atoms with E-state index in [9.17, 15) is 18.4 Å². The predicted molar refractivity (Wildman–Crippen MR) is 113 cm³/mol. The molecule has 31 heavy (non-hydrogen) atoms. The zero-order valence-electron chi connectivity index (χ0n) is 16.6. The Morgan fingerprint density at radius 1 is 1.16 bits per heavy atom. The first kappa shape index (κ1) is 21.0. The summed E-state index contributed by atoms with van der Waals surface area (Å²) in [5, 5.41) is 6.67. The first-order chi connectivity index (χ1) is 14.8. The van der Waals surface area contributed by atoms with Crippen LogP contribution in [-0.2, 0) is 11.3 Å².